The molecule has 0 unspecified atom stereocenters. The lowest BCUT2D eigenvalue weighted by molar-refractivity contribution is -0.125. The van der Waals surface area contributed by atoms with E-state index in [2.05, 4.69) is 37.4 Å². The molecule has 7 heteroatoms. The lowest BCUT2D eigenvalue weighted by Crippen LogP contribution is -2.64. The third kappa shape index (κ3) is 2.16. The van der Waals surface area contributed by atoms with Gasteiger partial charge in [0.15, 0.2) is 0 Å². The van der Waals surface area contributed by atoms with E-state index in [1.165, 1.54) is 10.3 Å². The summed E-state index contributed by atoms with van der Waals surface area (Å²) in [6.07, 6.45) is 1.65. The smallest absolute Gasteiger partial charge is 0.234 e. The van der Waals surface area contributed by atoms with Gasteiger partial charge in [-0.3, -0.25) is 9.69 Å². The Labute approximate surface area is 126 Å². The topological polar surface area (TPSA) is 61.4 Å². The van der Waals surface area contributed by atoms with Crippen LogP contribution in [0.4, 0.5) is 5.82 Å². The fourth-order valence-corrected chi connectivity index (χ4v) is 4.03. The van der Waals surface area contributed by atoms with Gasteiger partial charge >= 0.3 is 0 Å². The Balaban J connectivity index is 1.50. The van der Waals surface area contributed by atoms with Gasteiger partial charge in [0.25, 0.3) is 0 Å². The molecule has 0 atom stereocenters. The number of aryl methyl sites for hydroxylation is 1. The molecule has 2 aromatic heterocycles. The summed E-state index contributed by atoms with van der Waals surface area (Å²) in [5.74, 6) is 1.17. The highest BCUT2D eigenvalue weighted by molar-refractivity contribution is 7.18. The molecule has 2 saturated heterocycles. The number of hydrogen-bond acceptors (Lipinski definition) is 6. The molecule has 21 heavy (non-hydrogen) atoms. The first-order valence-corrected chi connectivity index (χ1v) is 8.05. The van der Waals surface area contributed by atoms with Gasteiger partial charge in [-0.05, 0) is 17.9 Å². The first kappa shape index (κ1) is 13.0. The number of anilines is 1. The van der Waals surface area contributed by atoms with Crippen molar-refractivity contribution in [2.75, 3.05) is 37.6 Å². The van der Waals surface area contributed by atoms with Crippen LogP contribution in [0.5, 0.6) is 0 Å². The number of thiophene rings is 1. The number of carbonyl (C=O) groups is 1. The summed E-state index contributed by atoms with van der Waals surface area (Å²) in [7, 11) is 0. The number of nitrogens with one attached hydrogen (secondary N) is 1. The van der Waals surface area contributed by atoms with Crippen LogP contribution in [0.1, 0.15) is 5.56 Å². The Kier molecular flexibility index (Phi) is 3.04. The maximum absolute atomic E-state index is 11.5. The molecule has 1 N–H and O–H groups in total. The van der Waals surface area contributed by atoms with Crippen molar-refractivity contribution < 1.29 is 4.79 Å². The fourth-order valence-electron chi connectivity index (χ4n) is 3.01. The zero-order valence-electron chi connectivity index (χ0n) is 11.9. The molecule has 2 aliphatic rings. The molecule has 0 spiro atoms. The summed E-state index contributed by atoms with van der Waals surface area (Å²) >= 11 is 1.71. The van der Waals surface area contributed by atoms with Crippen molar-refractivity contribution in [3.8, 4) is 0 Å². The van der Waals surface area contributed by atoms with Crippen LogP contribution in [0, 0.1) is 6.92 Å². The molecular formula is C14H17N5OS. The normalized spacial score (nSPS) is 20.6. The van der Waals surface area contributed by atoms with Crippen LogP contribution in [-0.4, -0.2) is 59.5 Å². The van der Waals surface area contributed by atoms with Gasteiger partial charge in [-0.25, -0.2) is 9.97 Å². The Morgan fingerprint density at radius 1 is 1.38 bits per heavy atom. The maximum Gasteiger partial charge on any atom is 0.234 e. The molecule has 2 aliphatic heterocycles. The SMILES string of the molecule is Cc1csc2c(N3CC(N4CCNC(=O)C4)C3)ncnc12. The monoisotopic (exact) mass is 303 g/mol. The minimum absolute atomic E-state index is 0.137. The van der Waals surface area contributed by atoms with E-state index in [-0.39, 0.29) is 5.91 Å². The summed E-state index contributed by atoms with van der Waals surface area (Å²) < 4.78 is 1.17. The van der Waals surface area contributed by atoms with Crippen molar-refractivity contribution in [3.63, 3.8) is 0 Å². The Hall–Kier alpha value is -1.73. The largest absolute Gasteiger partial charge is 0.354 e. The van der Waals surface area contributed by atoms with E-state index >= 15 is 0 Å². The van der Waals surface area contributed by atoms with Crippen molar-refractivity contribution in [1.29, 1.82) is 0 Å². The highest BCUT2D eigenvalue weighted by Gasteiger charge is 2.35. The van der Waals surface area contributed by atoms with Gasteiger partial charge in [-0.1, -0.05) is 0 Å². The second-order valence-electron chi connectivity index (χ2n) is 5.67. The molecule has 2 fully saturated rings. The van der Waals surface area contributed by atoms with Crippen LogP contribution >= 0.6 is 11.3 Å². The zero-order chi connectivity index (χ0) is 14.4. The molecule has 0 aliphatic carbocycles. The number of aromatic nitrogens is 2. The van der Waals surface area contributed by atoms with E-state index in [1.54, 1.807) is 17.7 Å². The molecule has 1 amide bonds. The standard InChI is InChI=1S/C14H17N5OS/c1-9-7-21-13-12(9)16-8-17-14(13)19-4-10(5-19)18-3-2-15-11(20)6-18/h7-8,10H,2-6H2,1H3,(H,15,20). The predicted octanol–water partition coefficient (Wildman–Crippen LogP) is 0.620. The molecule has 0 saturated carbocycles. The quantitative estimate of drug-likeness (QED) is 0.881. The Morgan fingerprint density at radius 3 is 3.05 bits per heavy atom. The minimum atomic E-state index is 0.137. The number of carbonyl (C=O) groups excluding carboxylic acids is 1. The molecule has 110 valence electrons. The first-order chi connectivity index (χ1) is 10.2. The van der Waals surface area contributed by atoms with E-state index in [0.717, 1.165) is 37.5 Å². The molecule has 4 heterocycles. The fraction of sp³-hybridized carbons (Fsp3) is 0.500. The summed E-state index contributed by atoms with van der Waals surface area (Å²) in [6.45, 7) is 6.20. The van der Waals surface area contributed by atoms with Gasteiger partial charge in [0.1, 0.15) is 12.1 Å². The van der Waals surface area contributed by atoms with Gasteiger partial charge in [-0.2, -0.15) is 0 Å². The average Bonchev–Trinajstić information content (AvgIpc) is 2.80. The third-order valence-corrected chi connectivity index (χ3v) is 5.34. The Bertz CT molecular complexity index is 694. The molecule has 6 nitrogen and oxygen atoms in total. The van der Waals surface area contributed by atoms with Crippen LogP contribution in [0.3, 0.4) is 0 Å². The van der Waals surface area contributed by atoms with Crippen LogP contribution < -0.4 is 10.2 Å². The van der Waals surface area contributed by atoms with Crippen molar-refractivity contribution in [1.82, 2.24) is 20.2 Å². The molecule has 0 radical (unpaired) electrons. The van der Waals surface area contributed by atoms with E-state index < -0.39 is 0 Å². The predicted molar refractivity (Wildman–Crippen MR) is 82.7 cm³/mol. The summed E-state index contributed by atoms with van der Waals surface area (Å²) in [5, 5.41) is 5.01. The van der Waals surface area contributed by atoms with Crippen molar-refractivity contribution >= 4 is 33.3 Å². The number of rotatable bonds is 2. The van der Waals surface area contributed by atoms with Crippen molar-refractivity contribution in [2.24, 2.45) is 0 Å². The number of nitrogens with zero attached hydrogens (tertiary/aromatic N) is 4. The molecule has 2 aromatic rings. The second-order valence-corrected chi connectivity index (χ2v) is 6.55. The van der Waals surface area contributed by atoms with E-state index in [0.29, 0.717) is 12.6 Å². The summed E-state index contributed by atoms with van der Waals surface area (Å²) in [4.78, 5) is 24.9. The number of fused-ring (bicyclic) bond motifs is 1. The minimum Gasteiger partial charge on any atom is -0.354 e. The van der Waals surface area contributed by atoms with Gasteiger partial charge < -0.3 is 10.2 Å². The molecule has 0 aromatic carbocycles. The highest BCUT2D eigenvalue weighted by Crippen LogP contribution is 2.33. The van der Waals surface area contributed by atoms with Crippen LogP contribution in [0.15, 0.2) is 11.7 Å². The zero-order valence-corrected chi connectivity index (χ0v) is 12.7. The van der Waals surface area contributed by atoms with Crippen molar-refractivity contribution in [2.45, 2.75) is 13.0 Å². The lowest BCUT2D eigenvalue weighted by Gasteiger charge is -2.46. The van der Waals surface area contributed by atoms with E-state index in [9.17, 15) is 4.79 Å². The second kappa shape index (κ2) is 4.92. The maximum atomic E-state index is 11.5. The lowest BCUT2D eigenvalue weighted by atomic mass is 10.1. The van der Waals surface area contributed by atoms with Crippen LogP contribution in [0.25, 0.3) is 10.2 Å². The highest BCUT2D eigenvalue weighted by atomic mass is 32.1. The molecule has 0 bridgehead atoms. The van der Waals surface area contributed by atoms with Crippen molar-refractivity contribution in [3.05, 3.63) is 17.3 Å². The summed E-state index contributed by atoms with van der Waals surface area (Å²) in [5.41, 5.74) is 2.27. The van der Waals surface area contributed by atoms with Gasteiger partial charge in [-0.15, -0.1) is 11.3 Å². The van der Waals surface area contributed by atoms with E-state index in [4.69, 9.17) is 0 Å². The van der Waals surface area contributed by atoms with Gasteiger partial charge in [0.2, 0.25) is 5.91 Å². The van der Waals surface area contributed by atoms with Crippen LogP contribution in [0.2, 0.25) is 0 Å². The van der Waals surface area contributed by atoms with E-state index in [1.807, 2.05) is 0 Å². The van der Waals surface area contributed by atoms with Crippen LogP contribution in [-0.2, 0) is 4.79 Å². The Morgan fingerprint density at radius 2 is 2.24 bits per heavy atom. The summed E-state index contributed by atoms with van der Waals surface area (Å²) in [6, 6.07) is 0.460. The third-order valence-electron chi connectivity index (χ3n) is 4.26. The number of hydrogen-bond donors (Lipinski definition) is 1. The average molecular weight is 303 g/mol. The molecular weight excluding hydrogens is 286 g/mol. The van der Waals surface area contributed by atoms with Gasteiger partial charge in [0.05, 0.1) is 16.8 Å². The number of piperazine rings is 1. The van der Waals surface area contributed by atoms with Gasteiger partial charge in [0, 0.05) is 32.2 Å². The first-order valence-electron chi connectivity index (χ1n) is 7.17. The molecule has 4 rings (SSSR count). The number of amides is 1.